The Morgan fingerprint density at radius 3 is 1.96 bits per heavy atom. The van der Waals surface area contributed by atoms with Crippen molar-refractivity contribution in [1.82, 2.24) is 5.32 Å². The summed E-state index contributed by atoms with van der Waals surface area (Å²) < 4.78 is 0. The number of carbonyl (C=O) groups excluding carboxylic acids is 1. The summed E-state index contributed by atoms with van der Waals surface area (Å²) in [4.78, 5) is 12.4. The van der Waals surface area contributed by atoms with Gasteiger partial charge in [-0.05, 0) is 35.2 Å². The van der Waals surface area contributed by atoms with Crippen LogP contribution in [-0.4, -0.2) is 23.7 Å². The standard InChI is InChI=1S/C22H21NO2/c24-16-21(15-17-7-3-1-4-8-17)23-22(25)20-13-11-19(12-14-20)18-9-5-2-6-10-18/h1-14,21,24H,15-16H2,(H,23,25)/t21-/m0/s1. The van der Waals surface area contributed by atoms with Gasteiger partial charge in [0, 0.05) is 5.56 Å². The molecule has 0 unspecified atom stereocenters. The molecule has 126 valence electrons. The summed E-state index contributed by atoms with van der Waals surface area (Å²) >= 11 is 0. The molecule has 0 bridgehead atoms. The SMILES string of the molecule is O=C(N[C@H](CO)Cc1ccccc1)c1ccc(-c2ccccc2)cc1. The minimum atomic E-state index is -0.302. The van der Waals surface area contributed by atoms with Crippen LogP contribution in [0.5, 0.6) is 0 Å². The van der Waals surface area contributed by atoms with E-state index < -0.39 is 0 Å². The van der Waals surface area contributed by atoms with E-state index in [-0.39, 0.29) is 18.6 Å². The Bertz CT molecular complexity index is 798. The summed E-state index contributed by atoms with van der Waals surface area (Å²) in [6, 6.07) is 27.1. The maximum absolute atomic E-state index is 12.4. The first-order chi connectivity index (χ1) is 12.3. The Balaban J connectivity index is 1.66. The lowest BCUT2D eigenvalue weighted by molar-refractivity contribution is 0.0916. The van der Waals surface area contributed by atoms with E-state index in [1.54, 1.807) is 0 Å². The molecule has 3 rings (SSSR count). The molecule has 1 atom stereocenters. The van der Waals surface area contributed by atoms with Crippen molar-refractivity contribution in [2.75, 3.05) is 6.61 Å². The predicted molar refractivity (Wildman–Crippen MR) is 100 cm³/mol. The molecule has 3 heteroatoms. The number of aliphatic hydroxyl groups excluding tert-OH is 1. The van der Waals surface area contributed by atoms with Crippen LogP contribution in [0.25, 0.3) is 11.1 Å². The fraction of sp³-hybridized carbons (Fsp3) is 0.136. The second-order valence-corrected chi connectivity index (χ2v) is 5.99. The van der Waals surface area contributed by atoms with E-state index in [1.807, 2.05) is 84.9 Å². The monoisotopic (exact) mass is 331 g/mol. The van der Waals surface area contributed by atoms with Gasteiger partial charge in [0.05, 0.1) is 12.6 Å². The molecular formula is C22H21NO2. The van der Waals surface area contributed by atoms with Crippen LogP contribution in [0.15, 0.2) is 84.9 Å². The minimum Gasteiger partial charge on any atom is -0.394 e. The first kappa shape index (κ1) is 16.9. The van der Waals surface area contributed by atoms with Gasteiger partial charge in [0.25, 0.3) is 5.91 Å². The lowest BCUT2D eigenvalue weighted by Crippen LogP contribution is -2.39. The Morgan fingerprint density at radius 2 is 1.36 bits per heavy atom. The van der Waals surface area contributed by atoms with Crippen LogP contribution in [0.3, 0.4) is 0 Å². The van der Waals surface area contributed by atoms with Crippen LogP contribution in [0.1, 0.15) is 15.9 Å². The average molecular weight is 331 g/mol. The van der Waals surface area contributed by atoms with Gasteiger partial charge < -0.3 is 10.4 Å². The van der Waals surface area contributed by atoms with Crippen LogP contribution in [0.4, 0.5) is 0 Å². The molecule has 0 spiro atoms. The van der Waals surface area contributed by atoms with Crippen molar-refractivity contribution < 1.29 is 9.90 Å². The normalized spacial score (nSPS) is 11.7. The number of hydrogen-bond donors (Lipinski definition) is 2. The summed E-state index contributed by atoms with van der Waals surface area (Å²) in [6.07, 6.45) is 0.602. The Hall–Kier alpha value is -2.91. The third-order valence-electron chi connectivity index (χ3n) is 4.13. The van der Waals surface area contributed by atoms with Gasteiger partial charge in [-0.25, -0.2) is 0 Å². The number of rotatable bonds is 6. The number of nitrogens with one attached hydrogen (secondary N) is 1. The van der Waals surface area contributed by atoms with Crippen molar-refractivity contribution >= 4 is 5.91 Å². The summed E-state index contributed by atoms with van der Waals surface area (Å²) in [5, 5.41) is 12.5. The van der Waals surface area contributed by atoms with Crippen LogP contribution in [0, 0.1) is 0 Å². The first-order valence-electron chi connectivity index (χ1n) is 8.37. The molecule has 3 aromatic rings. The van der Waals surface area contributed by atoms with Crippen molar-refractivity contribution in [3.8, 4) is 11.1 Å². The van der Waals surface area contributed by atoms with Gasteiger partial charge in [-0.1, -0.05) is 72.8 Å². The fourth-order valence-electron chi connectivity index (χ4n) is 2.77. The summed E-state index contributed by atoms with van der Waals surface area (Å²) in [5.74, 6) is -0.172. The Morgan fingerprint density at radius 1 is 0.800 bits per heavy atom. The van der Waals surface area contributed by atoms with E-state index in [0.717, 1.165) is 16.7 Å². The molecule has 0 aliphatic rings. The van der Waals surface area contributed by atoms with Crippen molar-refractivity contribution in [3.63, 3.8) is 0 Å². The van der Waals surface area contributed by atoms with Gasteiger partial charge in [0.1, 0.15) is 0 Å². The average Bonchev–Trinajstić information content (AvgIpc) is 2.69. The van der Waals surface area contributed by atoms with Crippen LogP contribution < -0.4 is 5.32 Å². The third-order valence-corrected chi connectivity index (χ3v) is 4.13. The van der Waals surface area contributed by atoms with Crippen LogP contribution in [0.2, 0.25) is 0 Å². The molecule has 25 heavy (non-hydrogen) atoms. The smallest absolute Gasteiger partial charge is 0.251 e. The minimum absolute atomic E-state index is 0.0945. The molecular weight excluding hydrogens is 310 g/mol. The lowest BCUT2D eigenvalue weighted by atomic mass is 10.0. The number of amides is 1. The van der Waals surface area contributed by atoms with E-state index >= 15 is 0 Å². The topological polar surface area (TPSA) is 49.3 Å². The van der Waals surface area contributed by atoms with E-state index in [0.29, 0.717) is 12.0 Å². The molecule has 2 N–H and O–H groups in total. The molecule has 1 amide bonds. The van der Waals surface area contributed by atoms with Crippen molar-refractivity contribution in [3.05, 3.63) is 96.1 Å². The number of benzene rings is 3. The molecule has 0 radical (unpaired) electrons. The second kappa shape index (κ2) is 8.27. The van der Waals surface area contributed by atoms with Gasteiger partial charge in [-0.2, -0.15) is 0 Å². The molecule has 3 nitrogen and oxygen atoms in total. The number of aliphatic hydroxyl groups is 1. The molecule has 0 saturated heterocycles. The van der Waals surface area contributed by atoms with Gasteiger partial charge in [-0.15, -0.1) is 0 Å². The van der Waals surface area contributed by atoms with Crippen molar-refractivity contribution in [2.45, 2.75) is 12.5 Å². The van der Waals surface area contributed by atoms with E-state index in [9.17, 15) is 9.90 Å². The second-order valence-electron chi connectivity index (χ2n) is 5.99. The van der Waals surface area contributed by atoms with E-state index in [1.165, 1.54) is 0 Å². The molecule has 0 aromatic heterocycles. The highest BCUT2D eigenvalue weighted by Gasteiger charge is 2.13. The molecule has 0 aliphatic carbocycles. The highest BCUT2D eigenvalue weighted by molar-refractivity contribution is 5.94. The highest BCUT2D eigenvalue weighted by atomic mass is 16.3. The summed E-state index contributed by atoms with van der Waals surface area (Å²) in [7, 11) is 0. The van der Waals surface area contributed by atoms with Gasteiger partial charge in [0.2, 0.25) is 0 Å². The Kier molecular flexibility index (Phi) is 5.60. The van der Waals surface area contributed by atoms with Crippen molar-refractivity contribution in [2.24, 2.45) is 0 Å². The quantitative estimate of drug-likeness (QED) is 0.724. The number of hydrogen-bond acceptors (Lipinski definition) is 2. The first-order valence-corrected chi connectivity index (χ1v) is 8.37. The molecule has 0 fully saturated rings. The zero-order valence-corrected chi connectivity index (χ0v) is 13.9. The predicted octanol–water partition coefficient (Wildman–Crippen LogP) is 3.69. The van der Waals surface area contributed by atoms with Gasteiger partial charge >= 0.3 is 0 Å². The fourth-order valence-corrected chi connectivity index (χ4v) is 2.77. The number of carbonyl (C=O) groups is 1. The summed E-state index contributed by atoms with van der Waals surface area (Å²) in [6.45, 7) is -0.0945. The molecule has 0 saturated carbocycles. The third kappa shape index (κ3) is 4.55. The molecule has 0 aliphatic heterocycles. The van der Waals surface area contributed by atoms with Crippen LogP contribution >= 0.6 is 0 Å². The zero-order chi connectivity index (χ0) is 17.5. The summed E-state index contributed by atoms with van der Waals surface area (Å²) in [5.41, 5.74) is 3.86. The molecule has 0 heterocycles. The molecule has 3 aromatic carbocycles. The van der Waals surface area contributed by atoms with E-state index in [4.69, 9.17) is 0 Å². The Labute approximate surface area is 148 Å². The van der Waals surface area contributed by atoms with Gasteiger partial charge in [-0.3, -0.25) is 4.79 Å². The maximum atomic E-state index is 12.4. The van der Waals surface area contributed by atoms with Gasteiger partial charge in [0.15, 0.2) is 0 Å². The maximum Gasteiger partial charge on any atom is 0.251 e. The lowest BCUT2D eigenvalue weighted by Gasteiger charge is -2.16. The van der Waals surface area contributed by atoms with Crippen LogP contribution in [-0.2, 0) is 6.42 Å². The zero-order valence-electron chi connectivity index (χ0n) is 13.9. The highest BCUT2D eigenvalue weighted by Crippen LogP contribution is 2.19. The van der Waals surface area contributed by atoms with E-state index in [2.05, 4.69) is 5.32 Å². The largest absolute Gasteiger partial charge is 0.394 e. The van der Waals surface area contributed by atoms with Crippen molar-refractivity contribution in [1.29, 1.82) is 0 Å².